The molecule has 1 saturated heterocycles. The van der Waals surface area contributed by atoms with Crippen LogP contribution in [-0.4, -0.2) is 48.2 Å². The lowest BCUT2D eigenvalue weighted by Crippen LogP contribution is -2.37. The highest BCUT2D eigenvalue weighted by molar-refractivity contribution is 5.95. The molecule has 2 aromatic rings. The van der Waals surface area contributed by atoms with Crippen molar-refractivity contribution < 1.29 is 9.53 Å². The standard InChI is InChI=1S/C22H26N4O2/c1-2-18-15-20(25-22(24-18)26-10-12-28-13-11-26)16-6-5-7-17(14-16)21(27)23-19-8-3-4-9-19/h3,5-8,14-15,19H,2,4,9-13H2,1H3,(H,23,27). The molecule has 1 atom stereocenters. The van der Waals surface area contributed by atoms with Crippen molar-refractivity contribution in [2.75, 3.05) is 31.2 Å². The first-order chi connectivity index (χ1) is 13.7. The molecule has 0 radical (unpaired) electrons. The molecule has 1 aliphatic carbocycles. The Morgan fingerprint density at radius 3 is 2.86 bits per heavy atom. The zero-order chi connectivity index (χ0) is 19.3. The van der Waals surface area contributed by atoms with Gasteiger partial charge in [-0.3, -0.25) is 4.79 Å². The van der Waals surface area contributed by atoms with Crippen molar-refractivity contribution >= 4 is 11.9 Å². The number of aromatic nitrogens is 2. The number of hydrogen-bond acceptors (Lipinski definition) is 5. The summed E-state index contributed by atoms with van der Waals surface area (Å²) in [5, 5.41) is 3.08. The van der Waals surface area contributed by atoms with E-state index in [-0.39, 0.29) is 11.9 Å². The van der Waals surface area contributed by atoms with E-state index in [0.717, 1.165) is 55.3 Å². The number of allylic oxidation sites excluding steroid dienone is 1. The second kappa shape index (κ2) is 8.52. The fraction of sp³-hybridized carbons (Fsp3) is 0.409. The third-order valence-electron chi connectivity index (χ3n) is 5.17. The summed E-state index contributed by atoms with van der Waals surface area (Å²) in [4.78, 5) is 24.3. The van der Waals surface area contributed by atoms with Gasteiger partial charge in [0, 0.05) is 36.0 Å². The number of nitrogens with zero attached hydrogens (tertiary/aromatic N) is 3. The zero-order valence-corrected chi connectivity index (χ0v) is 16.2. The van der Waals surface area contributed by atoms with Crippen LogP contribution in [0.5, 0.6) is 0 Å². The number of aryl methyl sites for hydroxylation is 1. The summed E-state index contributed by atoms with van der Waals surface area (Å²) in [6.45, 7) is 5.07. The molecule has 1 aromatic heterocycles. The molecule has 0 bridgehead atoms. The van der Waals surface area contributed by atoms with Crippen molar-refractivity contribution in [2.24, 2.45) is 0 Å². The van der Waals surface area contributed by atoms with Crippen molar-refractivity contribution in [2.45, 2.75) is 32.2 Å². The van der Waals surface area contributed by atoms with Crippen LogP contribution < -0.4 is 10.2 Å². The van der Waals surface area contributed by atoms with Gasteiger partial charge in [0.1, 0.15) is 0 Å². The molecular formula is C22H26N4O2. The molecule has 2 heterocycles. The van der Waals surface area contributed by atoms with E-state index in [0.29, 0.717) is 18.8 Å². The van der Waals surface area contributed by atoms with Crippen LogP contribution in [0, 0.1) is 0 Å². The van der Waals surface area contributed by atoms with E-state index in [2.05, 4.69) is 29.3 Å². The van der Waals surface area contributed by atoms with Crippen molar-refractivity contribution in [3.05, 3.63) is 53.7 Å². The van der Waals surface area contributed by atoms with Crippen molar-refractivity contribution in [3.63, 3.8) is 0 Å². The van der Waals surface area contributed by atoms with Crippen molar-refractivity contribution in [1.82, 2.24) is 15.3 Å². The van der Waals surface area contributed by atoms with Crippen molar-refractivity contribution in [3.8, 4) is 11.3 Å². The van der Waals surface area contributed by atoms with Crippen LogP contribution in [-0.2, 0) is 11.2 Å². The zero-order valence-electron chi connectivity index (χ0n) is 16.2. The highest BCUT2D eigenvalue weighted by Crippen LogP contribution is 2.23. The van der Waals surface area contributed by atoms with Gasteiger partial charge in [0.05, 0.1) is 18.9 Å². The van der Waals surface area contributed by atoms with Crippen LogP contribution in [0.3, 0.4) is 0 Å². The van der Waals surface area contributed by atoms with E-state index in [1.54, 1.807) is 0 Å². The van der Waals surface area contributed by atoms with E-state index in [4.69, 9.17) is 14.7 Å². The Bertz CT molecular complexity index is 875. The average molecular weight is 378 g/mol. The number of hydrogen-bond donors (Lipinski definition) is 1. The number of rotatable bonds is 5. The number of ether oxygens (including phenoxy) is 1. The van der Waals surface area contributed by atoms with E-state index in [1.807, 2.05) is 30.3 Å². The summed E-state index contributed by atoms with van der Waals surface area (Å²) in [5.41, 5.74) is 3.43. The lowest BCUT2D eigenvalue weighted by atomic mass is 10.1. The summed E-state index contributed by atoms with van der Waals surface area (Å²) in [5.74, 6) is 0.695. The van der Waals surface area contributed by atoms with Crippen molar-refractivity contribution in [1.29, 1.82) is 0 Å². The predicted octanol–water partition coefficient (Wildman–Crippen LogP) is 2.99. The second-order valence-electron chi connectivity index (χ2n) is 7.16. The number of nitrogens with one attached hydrogen (secondary N) is 1. The third-order valence-corrected chi connectivity index (χ3v) is 5.17. The molecule has 146 valence electrons. The molecule has 1 aliphatic heterocycles. The first-order valence-electron chi connectivity index (χ1n) is 10.0. The molecule has 0 saturated carbocycles. The van der Waals surface area contributed by atoms with Crippen LogP contribution in [0.1, 0.15) is 35.8 Å². The highest BCUT2D eigenvalue weighted by Gasteiger charge is 2.17. The SMILES string of the molecule is CCc1cc(-c2cccc(C(=O)NC3C=CCC3)c2)nc(N2CCOCC2)n1. The minimum Gasteiger partial charge on any atom is -0.378 e. The number of benzene rings is 1. The van der Waals surface area contributed by atoms with Gasteiger partial charge in [-0.25, -0.2) is 9.97 Å². The Morgan fingerprint density at radius 2 is 2.11 bits per heavy atom. The maximum Gasteiger partial charge on any atom is 0.251 e. The summed E-state index contributed by atoms with van der Waals surface area (Å²) in [6, 6.07) is 9.82. The highest BCUT2D eigenvalue weighted by atomic mass is 16.5. The Labute approximate surface area is 165 Å². The molecule has 6 heteroatoms. The number of morpholine rings is 1. The quantitative estimate of drug-likeness (QED) is 0.810. The number of anilines is 1. The van der Waals surface area contributed by atoms with Gasteiger partial charge < -0.3 is 15.0 Å². The Morgan fingerprint density at radius 1 is 1.25 bits per heavy atom. The molecule has 28 heavy (non-hydrogen) atoms. The van der Waals surface area contributed by atoms with Crippen LogP contribution in [0.4, 0.5) is 5.95 Å². The van der Waals surface area contributed by atoms with Crippen LogP contribution in [0.15, 0.2) is 42.5 Å². The average Bonchev–Trinajstić information content (AvgIpc) is 3.27. The van der Waals surface area contributed by atoms with Crippen LogP contribution in [0.25, 0.3) is 11.3 Å². The smallest absolute Gasteiger partial charge is 0.251 e. The topological polar surface area (TPSA) is 67.4 Å². The minimum absolute atomic E-state index is 0.0448. The van der Waals surface area contributed by atoms with E-state index in [1.165, 1.54) is 0 Å². The van der Waals surface area contributed by atoms with Gasteiger partial charge in [-0.1, -0.05) is 31.2 Å². The molecule has 2 aliphatic rings. The van der Waals surface area contributed by atoms with Gasteiger partial charge in [-0.2, -0.15) is 0 Å². The summed E-state index contributed by atoms with van der Waals surface area (Å²) >= 11 is 0. The first-order valence-corrected chi connectivity index (χ1v) is 10.0. The Balaban J connectivity index is 1.60. The second-order valence-corrected chi connectivity index (χ2v) is 7.16. The molecule has 1 amide bonds. The van der Waals surface area contributed by atoms with Crippen LogP contribution >= 0.6 is 0 Å². The molecule has 1 unspecified atom stereocenters. The minimum atomic E-state index is -0.0448. The van der Waals surface area contributed by atoms with Gasteiger partial charge in [0.25, 0.3) is 5.91 Å². The van der Waals surface area contributed by atoms with E-state index >= 15 is 0 Å². The van der Waals surface area contributed by atoms with Gasteiger partial charge in [-0.15, -0.1) is 0 Å². The fourth-order valence-electron chi connectivity index (χ4n) is 3.54. The van der Waals surface area contributed by atoms with Crippen LogP contribution in [0.2, 0.25) is 0 Å². The molecule has 4 rings (SSSR count). The molecule has 1 aromatic carbocycles. The fourth-order valence-corrected chi connectivity index (χ4v) is 3.54. The maximum atomic E-state index is 12.6. The number of carbonyl (C=O) groups is 1. The summed E-state index contributed by atoms with van der Waals surface area (Å²) in [7, 11) is 0. The lowest BCUT2D eigenvalue weighted by molar-refractivity contribution is 0.0944. The normalized spacial score (nSPS) is 19.0. The van der Waals surface area contributed by atoms with Gasteiger partial charge in [0.15, 0.2) is 0 Å². The number of amides is 1. The van der Waals surface area contributed by atoms with E-state index in [9.17, 15) is 4.79 Å². The maximum absolute atomic E-state index is 12.6. The Kier molecular flexibility index (Phi) is 5.67. The molecular weight excluding hydrogens is 352 g/mol. The molecule has 6 nitrogen and oxygen atoms in total. The van der Waals surface area contributed by atoms with E-state index < -0.39 is 0 Å². The van der Waals surface area contributed by atoms with Gasteiger partial charge in [-0.05, 0) is 37.5 Å². The summed E-state index contributed by atoms with van der Waals surface area (Å²) in [6.07, 6.45) is 7.01. The molecule has 1 fully saturated rings. The third kappa shape index (κ3) is 4.22. The number of carbonyl (C=O) groups excluding carboxylic acids is 1. The lowest BCUT2D eigenvalue weighted by Gasteiger charge is -2.27. The van der Waals surface area contributed by atoms with Gasteiger partial charge >= 0.3 is 0 Å². The first kappa shape index (κ1) is 18.6. The molecule has 1 N–H and O–H groups in total. The largest absolute Gasteiger partial charge is 0.378 e. The molecule has 0 spiro atoms. The Hall–Kier alpha value is -2.73. The predicted molar refractivity (Wildman–Crippen MR) is 110 cm³/mol. The summed E-state index contributed by atoms with van der Waals surface area (Å²) < 4.78 is 5.44. The van der Waals surface area contributed by atoms with Gasteiger partial charge in [0.2, 0.25) is 5.95 Å². The monoisotopic (exact) mass is 378 g/mol.